The molecule has 0 atom stereocenters. The van der Waals surface area contributed by atoms with Crippen molar-refractivity contribution in [3.05, 3.63) is 65.2 Å². The van der Waals surface area contributed by atoms with Crippen LogP contribution in [0.1, 0.15) is 49.2 Å². The number of aromatic hydroxyl groups is 1. The lowest BCUT2D eigenvalue weighted by molar-refractivity contribution is 0.0955. The molecule has 2 aromatic carbocycles. The minimum atomic E-state index is -0.247. The summed E-state index contributed by atoms with van der Waals surface area (Å²) in [6.07, 6.45) is 0. The van der Waals surface area contributed by atoms with Crippen molar-refractivity contribution in [2.45, 2.75) is 33.1 Å². The molecule has 0 unspecified atom stereocenters. The fourth-order valence-corrected chi connectivity index (χ4v) is 2.09. The quantitative estimate of drug-likeness (QED) is 0.668. The molecule has 0 aliphatic heterocycles. The molecule has 0 saturated heterocycles. The molecule has 0 saturated carbocycles. The Bertz CT molecular complexity index is 709. The van der Waals surface area contributed by atoms with Crippen molar-refractivity contribution in [1.82, 2.24) is 5.43 Å². The van der Waals surface area contributed by atoms with E-state index in [4.69, 9.17) is 0 Å². The normalized spacial score (nSPS) is 12.1. The minimum Gasteiger partial charge on any atom is -0.508 e. The number of amides is 1. The van der Waals surface area contributed by atoms with E-state index in [1.807, 2.05) is 12.1 Å². The Hall–Kier alpha value is -2.62. The Morgan fingerprint density at radius 3 is 2.00 bits per heavy atom. The van der Waals surface area contributed by atoms with Gasteiger partial charge in [-0.2, -0.15) is 5.10 Å². The standard InChI is InChI=1S/C19H22N2O2/c1-13(14-7-11-17(22)12-8-14)20-21-18(23)15-5-9-16(10-6-15)19(2,3)4/h5-12,22H,1-4H3,(H,21,23)/b20-13+. The second-order valence-electron chi connectivity index (χ2n) is 6.51. The molecule has 4 heteroatoms. The average molecular weight is 310 g/mol. The molecule has 0 spiro atoms. The van der Waals surface area contributed by atoms with Crippen molar-refractivity contribution >= 4 is 11.6 Å². The maximum Gasteiger partial charge on any atom is 0.271 e. The molecule has 1 amide bonds. The van der Waals surface area contributed by atoms with Gasteiger partial charge in [-0.05, 0) is 59.9 Å². The van der Waals surface area contributed by atoms with Crippen molar-refractivity contribution in [1.29, 1.82) is 0 Å². The van der Waals surface area contributed by atoms with E-state index >= 15 is 0 Å². The minimum absolute atomic E-state index is 0.0582. The number of phenols is 1. The summed E-state index contributed by atoms with van der Waals surface area (Å²) < 4.78 is 0. The lowest BCUT2D eigenvalue weighted by Gasteiger charge is -2.18. The molecule has 0 aliphatic rings. The molecular weight excluding hydrogens is 288 g/mol. The number of hydrazone groups is 1. The van der Waals surface area contributed by atoms with Gasteiger partial charge in [0.2, 0.25) is 0 Å². The first-order valence-electron chi connectivity index (χ1n) is 7.52. The highest BCUT2D eigenvalue weighted by atomic mass is 16.3. The first-order valence-corrected chi connectivity index (χ1v) is 7.52. The highest BCUT2D eigenvalue weighted by molar-refractivity contribution is 6.00. The number of hydrogen-bond donors (Lipinski definition) is 2. The van der Waals surface area contributed by atoms with Crippen LogP contribution in [0.4, 0.5) is 0 Å². The van der Waals surface area contributed by atoms with E-state index in [-0.39, 0.29) is 17.1 Å². The summed E-state index contributed by atoms with van der Waals surface area (Å²) in [6, 6.07) is 14.2. The number of benzene rings is 2. The highest BCUT2D eigenvalue weighted by Gasteiger charge is 2.14. The molecule has 0 heterocycles. The zero-order valence-electron chi connectivity index (χ0n) is 13.9. The Labute approximate surface area is 136 Å². The van der Waals surface area contributed by atoms with Crippen LogP contribution in [0.3, 0.4) is 0 Å². The summed E-state index contributed by atoms with van der Waals surface area (Å²) in [5, 5.41) is 13.4. The van der Waals surface area contributed by atoms with Gasteiger partial charge in [-0.25, -0.2) is 5.43 Å². The van der Waals surface area contributed by atoms with Crippen LogP contribution >= 0.6 is 0 Å². The summed E-state index contributed by atoms with van der Waals surface area (Å²) in [4.78, 5) is 12.1. The maximum atomic E-state index is 12.1. The summed E-state index contributed by atoms with van der Waals surface area (Å²) in [5.74, 6) is -0.0480. The van der Waals surface area contributed by atoms with Gasteiger partial charge >= 0.3 is 0 Å². The number of nitrogens with zero attached hydrogens (tertiary/aromatic N) is 1. The molecular formula is C19H22N2O2. The maximum absolute atomic E-state index is 12.1. The fourth-order valence-electron chi connectivity index (χ4n) is 2.09. The second-order valence-corrected chi connectivity index (χ2v) is 6.51. The molecule has 120 valence electrons. The molecule has 0 aromatic heterocycles. The van der Waals surface area contributed by atoms with Gasteiger partial charge < -0.3 is 5.11 Å². The third-order valence-electron chi connectivity index (χ3n) is 3.62. The van der Waals surface area contributed by atoms with E-state index in [0.717, 1.165) is 5.56 Å². The smallest absolute Gasteiger partial charge is 0.271 e. The number of phenolic OH excluding ortho intramolecular Hbond substituents is 1. The van der Waals surface area contributed by atoms with Crippen LogP contribution in [0, 0.1) is 0 Å². The summed E-state index contributed by atoms with van der Waals surface area (Å²) in [6.45, 7) is 8.20. The third kappa shape index (κ3) is 4.42. The third-order valence-corrected chi connectivity index (χ3v) is 3.62. The van der Waals surface area contributed by atoms with E-state index in [1.165, 1.54) is 5.56 Å². The Morgan fingerprint density at radius 2 is 1.48 bits per heavy atom. The second kappa shape index (κ2) is 6.65. The summed E-state index contributed by atoms with van der Waals surface area (Å²) >= 11 is 0. The van der Waals surface area contributed by atoms with E-state index < -0.39 is 0 Å². The fraction of sp³-hybridized carbons (Fsp3) is 0.263. The van der Waals surface area contributed by atoms with Gasteiger partial charge in [0.15, 0.2) is 0 Å². The van der Waals surface area contributed by atoms with Gasteiger partial charge in [0.05, 0.1) is 5.71 Å². The van der Waals surface area contributed by atoms with Crippen LogP contribution in [0.5, 0.6) is 5.75 Å². The Kier molecular flexibility index (Phi) is 4.84. The van der Waals surface area contributed by atoms with Crippen LogP contribution in [0.15, 0.2) is 53.6 Å². The Morgan fingerprint density at radius 1 is 0.957 bits per heavy atom. The molecule has 4 nitrogen and oxygen atoms in total. The van der Waals surface area contributed by atoms with Gasteiger partial charge in [-0.3, -0.25) is 4.79 Å². The van der Waals surface area contributed by atoms with Gasteiger partial charge in [0.25, 0.3) is 5.91 Å². The van der Waals surface area contributed by atoms with E-state index in [2.05, 4.69) is 31.3 Å². The molecule has 0 bridgehead atoms. The topological polar surface area (TPSA) is 61.7 Å². The van der Waals surface area contributed by atoms with Crippen molar-refractivity contribution in [2.24, 2.45) is 5.10 Å². The number of carbonyl (C=O) groups excluding carboxylic acids is 1. The lowest BCUT2D eigenvalue weighted by Crippen LogP contribution is -2.19. The van der Waals surface area contributed by atoms with Crippen LogP contribution in [0.2, 0.25) is 0 Å². The summed E-state index contributed by atoms with van der Waals surface area (Å²) in [7, 11) is 0. The molecule has 0 fully saturated rings. The first-order chi connectivity index (χ1) is 10.8. The van der Waals surface area contributed by atoms with Gasteiger partial charge in [0, 0.05) is 5.56 Å². The van der Waals surface area contributed by atoms with Gasteiger partial charge in [0.1, 0.15) is 5.75 Å². The van der Waals surface area contributed by atoms with Crippen LogP contribution in [-0.2, 0) is 5.41 Å². The van der Waals surface area contributed by atoms with E-state index in [0.29, 0.717) is 11.3 Å². The molecule has 2 aromatic rings. The van der Waals surface area contributed by atoms with E-state index in [9.17, 15) is 9.90 Å². The van der Waals surface area contributed by atoms with Crippen LogP contribution < -0.4 is 5.43 Å². The number of hydrogen-bond acceptors (Lipinski definition) is 3. The predicted molar refractivity (Wildman–Crippen MR) is 92.9 cm³/mol. The Balaban J connectivity index is 2.07. The zero-order valence-corrected chi connectivity index (χ0v) is 13.9. The van der Waals surface area contributed by atoms with Crippen molar-refractivity contribution in [3.8, 4) is 5.75 Å². The molecule has 0 aliphatic carbocycles. The van der Waals surface area contributed by atoms with Gasteiger partial charge in [-0.1, -0.05) is 32.9 Å². The molecule has 0 radical (unpaired) electrons. The van der Waals surface area contributed by atoms with Gasteiger partial charge in [-0.15, -0.1) is 0 Å². The van der Waals surface area contributed by atoms with Crippen molar-refractivity contribution in [2.75, 3.05) is 0 Å². The highest BCUT2D eigenvalue weighted by Crippen LogP contribution is 2.22. The predicted octanol–water partition coefficient (Wildman–Crippen LogP) is 3.84. The monoisotopic (exact) mass is 310 g/mol. The molecule has 23 heavy (non-hydrogen) atoms. The zero-order chi connectivity index (χ0) is 17.0. The van der Waals surface area contributed by atoms with E-state index in [1.54, 1.807) is 43.3 Å². The van der Waals surface area contributed by atoms with Crippen molar-refractivity contribution in [3.63, 3.8) is 0 Å². The number of rotatable bonds is 3. The number of nitrogens with one attached hydrogen (secondary N) is 1. The molecule has 2 N–H and O–H groups in total. The summed E-state index contributed by atoms with van der Waals surface area (Å²) in [5.41, 5.74) is 5.87. The first kappa shape index (κ1) is 16.7. The van der Waals surface area contributed by atoms with Crippen LogP contribution in [-0.4, -0.2) is 16.7 Å². The lowest BCUT2D eigenvalue weighted by atomic mass is 9.87. The largest absolute Gasteiger partial charge is 0.508 e. The van der Waals surface area contributed by atoms with Crippen LogP contribution in [0.25, 0.3) is 0 Å². The SMILES string of the molecule is C/C(=N\NC(=O)c1ccc(C(C)(C)C)cc1)c1ccc(O)cc1. The average Bonchev–Trinajstić information content (AvgIpc) is 2.52. The molecule has 2 rings (SSSR count). The van der Waals surface area contributed by atoms with Crippen molar-refractivity contribution < 1.29 is 9.90 Å². The number of carbonyl (C=O) groups is 1.